The summed E-state index contributed by atoms with van der Waals surface area (Å²) >= 11 is 6.30. The van der Waals surface area contributed by atoms with Crippen molar-refractivity contribution in [3.63, 3.8) is 0 Å². The Labute approximate surface area is 128 Å². The van der Waals surface area contributed by atoms with Gasteiger partial charge in [0.05, 0.1) is 0 Å². The van der Waals surface area contributed by atoms with Crippen LogP contribution in [0, 0.1) is 12.8 Å². The second-order valence-electron chi connectivity index (χ2n) is 6.38. The van der Waals surface area contributed by atoms with Gasteiger partial charge in [0.15, 0.2) is 0 Å². The van der Waals surface area contributed by atoms with Gasteiger partial charge in [-0.05, 0) is 43.4 Å². The molecule has 0 aliphatic carbocycles. The molecule has 3 heteroatoms. The average Bonchev–Trinajstić information content (AvgIpc) is 2.41. The van der Waals surface area contributed by atoms with E-state index in [1.54, 1.807) is 0 Å². The Balaban J connectivity index is 2.17. The van der Waals surface area contributed by atoms with Crippen molar-refractivity contribution in [1.29, 1.82) is 0 Å². The van der Waals surface area contributed by atoms with E-state index in [9.17, 15) is 0 Å². The van der Waals surface area contributed by atoms with Gasteiger partial charge in [-0.15, -0.1) is 0 Å². The topological polar surface area (TPSA) is 15.3 Å². The molecule has 0 spiro atoms. The molecule has 20 heavy (non-hydrogen) atoms. The monoisotopic (exact) mass is 294 g/mol. The molecule has 2 atom stereocenters. The van der Waals surface area contributed by atoms with Gasteiger partial charge < -0.3 is 10.2 Å². The van der Waals surface area contributed by atoms with Crippen molar-refractivity contribution in [1.82, 2.24) is 5.32 Å². The summed E-state index contributed by atoms with van der Waals surface area (Å²) in [5.74, 6) is 0.731. The predicted octanol–water partition coefficient (Wildman–Crippen LogP) is 4.25. The highest BCUT2D eigenvalue weighted by atomic mass is 35.5. The van der Waals surface area contributed by atoms with Crippen molar-refractivity contribution >= 4 is 17.3 Å². The second-order valence-corrected chi connectivity index (χ2v) is 6.79. The Morgan fingerprint density at radius 1 is 1.40 bits per heavy atom. The van der Waals surface area contributed by atoms with Crippen molar-refractivity contribution in [2.24, 2.45) is 5.92 Å². The van der Waals surface area contributed by atoms with Crippen LogP contribution in [-0.4, -0.2) is 25.2 Å². The van der Waals surface area contributed by atoms with Gasteiger partial charge in [-0.1, -0.05) is 38.4 Å². The highest BCUT2D eigenvalue weighted by molar-refractivity contribution is 6.31. The molecule has 1 aliphatic heterocycles. The van der Waals surface area contributed by atoms with Gasteiger partial charge in [-0.2, -0.15) is 0 Å². The quantitative estimate of drug-likeness (QED) is 0.893. The van der Waals surface area contributed by atoms with Crippen LogP contribution < -0.4 is 10.2 Å². The first-order valence-corrected chi connectivity index (χ1v) is 8.15. The van der Waals surface area contributed by atoms with Crippen LogP contribution in [0.2, 0.25) is 5.02 Å². The van der Waals surface area contributed by atoms with Gasteiger partial charge in [0.2, 0.25) is 0 Å². The molecule has 0 bridgehead atoms. The van der Waals surface area contributed by atoms with Crippen molar-refractivity contribution in [3.8, 4) is 0 Å². The highest BCUT2D eigenvalue weighted by Crippen LogP contribution is 2.27. The highest BCUT2D eigenvalue weighted by Gasteiger charge is 2.27. The number of hydrogen-bond acceptors (Lipinski definition) is 2. The molecule has 0 radical (unpaired) electrons. The first-order chi connectivity index (χ1) is 9.51. The van der Waals surface area contributed by atoms with E-state index in [4.69, 9.17) is 11.6 Å². The van der Waals surface area contributed by atoms with Gasteiger partial charge in [0.1, 0.15) is 0 Å². The number of nitrogens with one attached hydrogen (secondary N) is 1. The molecule has 112 valence electrons. The summed E-state index contributed by atoms with van der Waals surface area (Å²) < 4.78 is 0. The minimum atomic E-state index is 0.567. The van der Waals surface area contributed by atoms with Crippen LogP contribution in [0.1, 0.15) is 39.2 Å². The fraction of sp³-hybridized carbons (Fsp3) is 0.647. The lowest BCUT2D eigenvalue weighted by molar-refractivity contribution is 0.343. The van der Waals surface area contributed by atoms with Crippen LogP contribution in [0.4, 0.5) is 5.69 Å². The third-order valence-electron chi connectivity index (χ3n) is 4.21. The second kappa shape index (κ2) is 6.82. The van der Waals surface area contributed by atoms with E-state index in [0.717, 1.165) is 36.0 Å². The van der Waals surface area contributed by atoms with Gasteiger partial charge >= 0.3 is 0 Å². The summed E-state index contributed by atoms with van der Waals surface area (Å²) in [6, 6.07) is 7.61. The molecule has 1 aliphatic rings. The average molecular weight is 295 g/mol. The number of halogens is 1. The number of benzene rings is 1. The van der Waals surface area contributed by atoms with Crippen LogP contribution in [0.25, 0.3) is 0 Å². The smallest absolute Gasteiger partial charge is 0.0455 e. The minimum absolute atomic E-state index is 0.567. The van der Waals surface area contributed by atoms with Crippen LogP contribution in [-0.2, 0) is 0 Å². The van der Waals surface area contributed by atoms with E-state index in [2.05, 4.69) is 56.1 Å². The van der Waals surface area contributed by atoms with Crippen molar-refractivity contribution in [2.75, 3.05) is 18.0 Å². The lowest BCUT2D eigenvalue weighted by atomic mass is 9.98. The minimum Gasteiger partial charge on any atom is -0.366 e. The van der Waals surface area contributed by atoms with Gasteiger partial charge in [0.25, 0.3) is 0 Å². The Morgan fingerprint density at radius 2 is 2.15 bits per heavy atom. The Morgan fingerprint density at radius 3 is 2.75 bits per heavy atom. The first-order valence-electron chi connectivity index (χ1n) is 7.77. The van der Waals surface area contributed by atoms with E-state index < -0.39 is 0 Å². The van der Waals surface area contributed by atoms with Gasteiger partial charge in [-0.3, -0.25) is 0 Å². The lowest BCUT2D eigenvalue weighted by Gasteiger charge is -2.42. The molecule has 1 N–H and O–H groups in total. The molecular formula is C17H27ClN2. The molecule has 1 saturated heterocycles. The molecule has 1 aromatic carbocycles. The standard InChI is InChI=1S/C17H27ClN2/c1-5-15-10-19-14(8-12(2)3)11-20(15)16-7-6-13(4)17(18)9-16/h6-7,9,12,14-15,19H,5,8,10-11H2,1-4H3. The van der Waals surface area contributed by atoms with E-state index in [1.807, 2.05) is 0 Å². The molecule has 0 saturated carbocycles. The summed E-state index contributed by atoms with van der Waals surface area (Å²) in [6.45, 7) is 11.1. The van der Waals surface area contributed by atoms with E-state index in [1.165, 1.54) is 12.1 Å². The van der Waals surface area contributed by atoms with Crippen LogP contribution in [0.15, 0.2) is 18.2 Å². The zero-order chi connectivity index (χ0) is 14.7. The zero-order valence-corrected chi connectivity index (χ0v) is 13.9. The molecular weight excluding hydrogens is 268 g/mol. The summed E-state index contributed by atoms with van der Waals surface area (Å²) in [5, 5.41) is 4.57. The number of aryl methyl sites for hydroxylation is 1. The lowest BCUT2D eigenvalue weighted by Crippen LogP contribution is -2.56. The largest absolute Gasteiger partial charge is 0.366 e. The maximum atomic E-state index is 6.30. The summed E-state index contributed by atoms with van der Waals surface area (Å²) in [7, 11) is 0. The van der Waals surface area contributed by atoms with Crippen molar-refractivity contribution in [2.45, 2.75) is 52.6 Å². The molecule has 2 unspecified atom stereocenters. The zero-order valence-electron chi connectivity index (χ0n) is 13.1. The number of anilines is 1. The predicted molar refractivity (Wildman–Crippen MR) is 88.9 cm³/mol. The summed E-state index contributed by atoms with van der Waals surface area (Å²) in [6.07, 6.45) is 2.39. The summed E-state index contributed by atoms with van der Waals surface area (Å²) in [4.78, 5) is 2.54. The third kappa shape index (κ3) is 3.67. The molecule has 0 aromatic heterocycles. The molecule has 1 heterocycles. The van der Waals surface area contributed by atoms with E-state index in [-0.39, 0.29) is 0 Å². The Bertz CT molecular complexity index is 445. The van der Waals surface area contributed by atoms with Gasteiger partial charge in [0, 0.05) is 35.9 Å². The maximum absolute atomic E-state index is 6.30. The molecule has 2 nitrogen and oxygen atoms in total. The first kappa shape index (κ1) is 15.7. The van der Waals surface area contributed by atoms with E-state index >= 15 is 0 Å². The van der Waals surface area contributed by atoms with Crippen LogP contribution in [0.3, 0.4) is 0 Å². The maximum Gasteiger partial charge on any atom is 0.0455 e. The fourth-order valence-corrected chi connectivity index (χ4v) is 3.21. The normalized spacial score (nSPS) is 23.4. The number of nitrogens with zero attached hydrogens (tertiary/aromatic N) is 1. The number of hydrogen-bond donors (Lipinski definition) is 1. The molecule has 1 fully saturated rings. The fourth-order valence-electron chi connectivity index (χ4n) is 3.03. The van der Waals surface area contributed by atoms with Crippen LogP contribution >= 0.6 is 11.6 Å². The summed E-state index contributed by atoms with van der Waals surface area (Å²) in [5.41, 5.74) is 2.42. The van der Waals surface area contributed by atoms with Crippen molar-refractivity contribution < 1.29 is 0 Å². The SMILES string of the molecule is CCC1CNC(CC(C)C)CN1c1ccc(C)c(Cl)c1. The third-order valence-corrected chi connectivity index (χ3v) is 4.62. The van der Waals surface area contributed by atoms with Gasteiger partial charge in [-0.25, -0.2) is 0 Å². The Hall–Kier alpha value is -0.730. The number of piperazine rings is 1. The molecule has 1 aromatic rings. The molecule has 0 amide bonds. The van der Waals surface area contributed by atoms with Crippen LogP contribution in [0.5, 0.6) is 0 Å². The van der Waals surface area contributed by atoms with E-state index in [0.29, 0.717) is 12.1 Å². The Kier molecular flexibility index (Phi) is 5.34. The molecule has 2 rings (SSSR count). The van der Waals surface area contributed by atoms with Crippen molar-refractivity contribution in [3.05, 3.63) is 28.8 Å². The number of rotatable bonds is 4.